The average molecular weight is 209 g/mol. The molecular weight excluding hydrogens is 189 g/mol. The van der Waals surface area contributed by atoms with Gasteiger partial charge in [0.1, 0.15) is 5.82 Å². The fourth-order valence-corrected chi connectivity index (χ4v) is 2.24. The molecule has 0 unspecified atom stereocenters. The molecule has 0 heterocycles. The van der Waals surface area contributed by atoms with Crippen molar-refractivity contribution in [1.29, 1.82) is 0 Å². The van der Waals surface area contributed by atoms with Crippen molar-refractivity contribution in [3.8, 4) is 0 Å². The van der Waals surface area contributed by atoms with Crippen LogP contribution >= 0.6 is 0 Å². The summed E-state index contributed by atoms with van der Waals surface area (Å²) in [5.74, 6) is -0.174. The highest BCUT2D eigenvalue weighted by atomic mass is 19.1. The maximum absolute atomic E-state index is 12.8. The van der Waals surface area contributed by atoms with Crippen molar-refractivity contribution in [1.82, 2.24) is 0 Å². The zero-order chi connectivity index (χ0) is 11.3. The molecule has 0 amide bonds. The normalized spacial score (nSPS) is 11.7. The number of hydrogen-bond acceptors (Lipinski definition) is 1. The molecule has 1 rings (SSSR count). The predicted octanol–water partition coefficient (Wildman–Crippen LogP) is 3.23. The van der Waals surface area contributed by atoms with Crippen LogP contribution in [-0.4, -0.2) is 6.54 Å². The zero-order valence-electron chi connectivity index (χ0n) is 9.59. The number of hydrogen-bond donors (Lipinski definition) is 1. The van der Waals surface area contributed by atoms with Crippen LogP contribution in [0.25, 0.3) is 0 Å². The first-order chi connectivity index (χ1) is 7.18. The molecule has 0 bridgehead atoms. The number of halogens is 1. The Balaban J connectivity index is 3.02. The van der Waals surface area contributed by atoms with E-state index in [4.69, 9.17) is 5.73 Å². The van der Waals surface area contributed by atoms with Crippen molar-refractivity contribution < 1.29 is 4.39 Å². The Hall–Kier alpha value is -0.890. The maximum Gasteiger partial charge on any atom is 0.123 e. The quantitative estimate of drug-likeness (QED) is 0.791. The Kier molecular flexibility index (Phi) is 4.28. The van der Waals surface area contributed by atoms with Crippen molar-refractivity contribution in [3.63, 3.8) is 0 Å². The van der Waals surface area contributed by atoms with Crippen LogP contribution in [0.4, 0.5) is 4.39 Å². The van der Waals surface area contributed by atoms with Crippen LogP contribution in [0.3, 0.4) is 0 Å². The maximum atomic E-state index is 12.8. The van der Waals surface area contributed by atoms with Gasteiger partial charge in [-0.05, 0) is 48.9 Å². The van der Waals surface area contributed by atoms with Gasteiger partial charge >= 0.3 is 0 Å². The summed E-state index contributed by atoms with van der Waals surface area (Å²) in [6.07, 6.45) is 3.06. The molecule has 1 nitrogen and oxygen atoms in total. The highest BCUT2D eigenvalue weighted by Gasteiger charge is 2.27. The first kappa shape index (κ1) is 12.2. The summed E-state index contributed by atoms with van der Waals surface area (Å²) in [7, 11) is 0. The Labute approximate surface area is 91.5 Å². The van der Waals surface area contributed by atoms with Gasteiger partial charge in [-0.1, -0.05) is 26.0 Å². The minimum Gasteiger partial charge on any atom is -0.330 e. The van der Waals surface area contributed by atoms with Gasteiger partial charge in [0, 0.05) is 0 Å². The van der Waals surface area contributed by atoms with Crippen LogP contribution in [-0.2, 0) is 5.41 Å². The molecular formula is C13H20FN. The topological polar surface area (TPSA) is 26.0 Å². The largest absolute Gasteiger partial charge is 0.330 e. The second-order valence-corrected chi connectivity index (χ2v) is 4.03. The Morgan fingerprint density at radius 1 is 1.13 bits per heavy atom. The van der Waals surface area contributed by atoms with E-state index in [2.05, 4.69) is 13.8 Å². The van der Waals surface area contributed by atoms with E-state index in [1.165, 1.54) is 17.7 Å². The second-order valence-electron chi connectivity index (χ2n) is 4.03. The van der Waals surface area contributed by atoms with E-state index in [1.807, 2.05) is 12.1 Å². The van der Waals surface area contributed by atoms with Crippen LogP contribution in [0.15, 0.2) is 24.3 Å². The number of rotatable bonds is 5. The summed E-state index contributed by atoms with van der Waals surface area (Å²) >= 11 is 0. The van der Waals surface area contributed by atoms with Gasteiger partial charge in [-0.25, -0.2) is 4.39 Å². The number of nitrogens with two attached hydrogens (primary N) is 1. The van der Waals surface area contributed by atoms with Crippen LogP contribution in [0.1, 0.15) is 38.7 Å². The van der Waals surface area contributed by atoms with Crippen LogP contribution in [0, 0.1) is 5.82 Å². The van der Waals surface area contributed by atoms with E-state index in [-0.39, 0.29) is 11.2 Å². The van der Waals surface area contributed by atoms with Crippen molar-refractivity contribution in [2.75, 3.05) is 6.54 Å². The van der Waals surface area contributed by atoms with E-state index in [0.717, 1.165) is 19.3 Å². The zero-order valence-corrected chi connectivity index (χ0v) is 9.59. The minimum absolute atomic E-state index is 0.127. The lowest BCUT2D eigenvalue weighted by Crippen LogP contribution is -2.27. The second kappa shape index (κ2) is 5.26. The summed E-state index contributed by atoms with van der Waals surface area (Å²) in [4.78, 5) is 0. The molecule has 0 spiro atoms. The van der Waals surface area contributed by atoms with Gasteiger partial charge in [0.25, 0.3) is 0 Å². The fourth-order valence-electron chi connectivity index (χ4n) is 2.24. The van der Waals surface area contributed by atoms with Gasteiger partial charge < -0.3 is 5.73 Å². The molecule has 1 aromatic rings. The molecule has 15 heavy (non-hydrogen) atoms. The van der Waals surface area contributed by atoms with E-state index >= 15 is 0 Å². The van der Waals surface area contributed by atoms with Crippen molar-refractivity contribution in [3.05, 3.63) is 35.6 Å². The lowest BCUT2D eigenvalue weighted by atomic mass is 9.73. The molecule has 0 saturated carbocycles. The van der Waals surface area contributed by atoms with E-state index in [9.17, 15) is 4.39 Å². The van der Waals surface area contributed by atoms with Gasteiger partial charge in [0.15, 0.2) is 0 Å². The third kappa shape index (κ3) is 2.57. The van der Waals surface area contributed by atoms with E-state index in [1.54, 1.807) is 0 Å². The van der Waals surface area contributed by atoms with Crippen LogP contribution in [0.2, 0.25) is 0 Å². The first-order valence-electron chi connectivity index (χ1n) is 5.64. The standard InChI is InChI=1S/C13H20FN/c1-3-13(4-2,9-10-15)11-5-7-12(14)8-6-11/h5-8H,3-4,9-10,15H2,1-2H3. The summed E-state index contributed by atoms with van der Waals surface area (Å²) < 4.78 is 12.8. The molecule has 1 aromatic carbocycles. The smallest absolute Gasteiger partial charge is 0.123 e. The van der Waals surface area contributed by atoms with E-state index < -0.39 is 0 Å². The highest BCUT2D eigenvalue weighted by Crippen LogP contribution is 2.34. The van der Waals surface area contributed by atoms with Gasteiger partial charge in [-0.2, -0.15) is 0 Å². The van der Waals surface area contributed by atoms with Gasteiger partial charge in [0.2, 0.25) is 0 Å². The van der Waals surface area contributed by atoms with Crippen molar-refractivity contribution in [2.45, 2.75) is 38.5 Å². The molecule has 0 saturated heterocycles. The highest BCUT2D eigenvalue weighted by molar-refractivity contribution is 5.25. The molecule has 0 atom stereocenters. The molecule has 2 heteroatoms. The molecule has 0 aliphatic heterocycles. The third-order valence-corrected chi connectivity index (χ3v) is 3.43. The van der Waals surface area contributed by atoms with Gasteiger partial charge in [0.05, 0.1) is 0 Å². The summed E-state index contributed by atoms with van der Waals surface area (Å²) in [5.41, 5.74) is 6.99. The molecule has 0 aromatic heterocycles. The van der Waals surface area contributed by atoms with Crippen LogP contribution < -0.4 is 5.73 Å². The van der Waals surface area contributed by atoms with Crippen LogP contribution in [0.5, 0.6) is 0 Å². The van der Waals surface area contributed by atoms with E-state index in [0.29, 0.717) is 6.54 Å². The molecule has 0 radical (unpaired) electrons. The summed E-state index contributed by atoms with van der Waals surface area (Å²) in [6.45, 7) is 5.02. The Morgan fingerprint density at radius 3 is 2.07 bits per heavy atom. The Morgan fingerprint density at radius 2 is 1.67 bits per heavy atom. The predicted molar refractivity (Wildman–Crippen MR) is 62.3 cm³/mol. The first-order valence-corrected chi connectivity index (χ1v) is 5.64. The van der Waals surface area contributed by atoms with Crippen molar-refractivity contribution >= 4 is 0 Å². The molecule has 84 valence electrons. The lowest BCUT2D eigenvalue weighted by molar-refractivity contribution is 0.370. The fraction of sp³-hybridized carbons (Fsp3) is 0.538. The summed E-state index contributed by atoms with van der Waals surface area (Å²) in [5, 5.41) is 0. The lowest BCUT2D eigenvalue weighted by Gasteiger charge is -2.32. The molecule has 2 N–H and O–H groups in total. The van der Waals surface area contributed by atoms with Gasteiger partial charge in [-0.3, -0.25) is 0 Å². The third-order valence-electron chi connectivity index (χ3n) is 3.43. The minimum atomic E-state index is -0.174. The monoisotopic (exact) mass is 209 g/mol. The SMILES string of the molecule is CCC(CC)(CCN)c1ccc(F)cc1. The molecule has 0 aliphatic carbocycles. The average Bonchev–Trinajstić information content (AvgIpc) is 2.27. The number of benzene rings is 1. The molecule has 0 aliphatic rings. The molecule has 0 fully saturated rings. The summed E-state index contributed by atoms with van der Waals surface area (Å²) in [6, 6.07) is 6.84. The van der Waals surface area contributed by atoms with Gasteiger partial charge in [-0.15, -0.1) is 0 Å². The Bertz CT molecular complexity index is 288. The van der Waals surface area contributed by atoms with Crippen molar-refractivity contribution in [2.24, 2.45) is 5.73 Å².